The van der Waals surface area contributed by atoms with Gasteiger partial charge in [0, 0.05) is 24.6 Å². The summed E-state index contributed by atoms with van der Waals surface area (Å²) in [6.45, 7) is 5.68. The quantitative estimate of drug-likeness (QED) is 0.937. The molecule has 0 unspecified atom stereocenters. The van der Waals surface area contributed by atoms with Crippen LogP contribution in [-0.2, 0) is 6.54 Å². The van der Waals surface area contributed by atoms with Crippen LogP contribution in [0.25, 0.3) is 5.69 Å². The van der Waals surface area contributed by atoms with Gasteiger partial charge in [-0.2, -0.15) is 0 Å². The number of rotatable bonds is 4. The molecule has 1 N–H and O–H groups in total. The van der Waals surface area contributed by atoms with Crippen molar-refractivity contribution >= 4 is 0 Å². The first-order chi connectivity index (χ1) is 11.8. The predicted molar refractivity (Wildman–Crippen MR) is 94.5 cm³/mol. The van der Waals surface area contributed by atoms with Gasteiger partial charge in [-0.1, -0.05) is 0 Å². The molecular weight excluding hydrogens is 300 g/mol. The van der Waals surface area contributed by atoms with Gasteiger partial charge in [0.2, 0.25) is 0 Å². The van der Waals surface area contributed by atoms with Crippen LogP contribution < -0.4 is 10.1 Å². The molecule has 4 rings (SSSR count). The van der Waals surface area contributed by atoms with Gasteiger partial charge >= 0.3 is 0 Å². The largest absolute Gasteiger partial charge is 0.497 e. The average Bonchev–Trinajstić information content (AvgIpc) is 3.24. The molecule has 0 aliphatic carbocycles. The van der Waals surface area contributed by atoms with Gasteiger partial charge < -0.3 is 14.6 Å². The summed E-state index contributed by atoms with van der Waals surface area (Å²) in [5, 5.41) is 3.49. The number of hydrogen-bond donors (Lipinski definition) is 1. The first-order valence-electron chi connectivity index (χ1n) is 8.88. The number of likely N-dealkylation sites (tertiary alicyclic amines) is 1. The van der Waals surface area contributed by atoms with Crippen molar-refractivity contribution in [2.45, 2.75) is 25.8 Å². The second-order valence-electron chi connectivity index (χ2n) is 7.12. The highest BCUT2D eigenvalue weighted by Crippen LogP contribution is 2.39. The Bertz CT molecular complexity index is 673. The van der Waals surface area contributed by atoms with E-state index < -0.39 is 0 Å². The second-order valence-corrected chi connectivity index (χ2v) is 7.12. The maximum absolute atomic E-state index is 5.25. The number of benzene rings is 1. The molecule has 2 fully saturated rings. The van der Waals surface area contributed by atoms with E-state index in [4.69, 9.17) is 4.74 Å². The van der Waals surface area contributed by atoms with Crippen molar-refractivity contribution in [2.75, 3.05) is 33.3 Å². The minimum Gasteiger partial charge on any atom is -0.497 e. The van der Waals surface area contributed by atoms with E-state index in [9.17, 15) is 0 Å². The molecule has 5 heteroatoms. The number of imidazole rings is 1. The molecule has 0 saturated carbocycles. The van der Waals surface area contributed by atoms with Crippen molar-refractivity contribution < 1.29 is 4.74 Å². The maximum atomic E-state index is 5.25. The number of nitrogens with zero attached hydrogens (tertiary/aromatic N) is 3. The average molecular weight is 326 g/mol. The molecule has 0 bridgehead atoms. The maximum Gasteiger partial charge on any atom is 0.127 e. The van der Waals surface area contributed by atoms with Crippen LogP contribution in [0.2, 0.25) is 0 Å². The van der Waals surface area contributed by atoms with Crippen molar-refractivity contribution in [2.24, 2.45) is 5.41 Å². The van der Waals surface area contributed by atoms with Gasteiger partial charge in [0.1, 0.15) is 11.6 Å². The first-order valence-corrected chi connectivity index (χ1v) is 8.88. The van der Waals surface area contributed by atoms with E-state index in [2.05, 4.69) is 31.9 Å². The number of ether oxygens (including phenoxy) is 1. The van der Waals surface area contributed by atoms with Crippen LogP contribution in [0.15, 0.2) is 36.7 Å². The molecule has 128 valence electrons. The van der Waals surface area contributed by atoms with E-state index in [0.29, 0.717) is 5.41 Å². The van der Waals surface area contributed by atoms with Crippen LogP contribution in [0, 0.1) is 5.41 Å². The molecule has 1 aromatic carbocycles. The number of nitrogens with one attached hydrogen (secondary N) is 1. The van der Waals surface area contributed by atoms with Gasteiger partial charge in [-0.15, -0.1) is 0 Å². The number of methoxy groups -OCH3 is 1. The Labute approximate surface area is 143 Å². The predicted octanol–water partition coefficient (Wildman–Crippen LogP) is 2.46. The smallest absolute Gasteiger partial charge is 0.127 e. The fourth-order valence-electron chi connectivity index (χ4n) is 4.16. The monoisotopic (exact) mass is 326 g/mol. The number of hydrogen-bond acceptors (Lipinski definition) is 4. The van der Waals surface area contributed by atoms with Crippen molar-refractivity contribution in [3.05, 3.63) is 42.5 Å². The van der Waals surface area contributed by atoms with Gasteiger partial charge in [0.15, 0.2) is 0 Å². The lowest BCUT2D eigenvalue weighted by atomic mass is 9.78. The molecule has 5 nitrogen and oxygen atoms in total. The van der Waals surface area contributed by atoms with Gasteiger partial charge in [-0.25, -0.2) is 4.98 Å². The molecule has 2 aliphatic heterocycles. The van der Waals surface area contributed by atoms with Crippen molar-refractivity contribution in [1.82, 2.24) is 19.8 Å². The second kappa shape index (κ2) is 6.57. The Balaban J connectivity index is 1.47. The van der Waals surface area contributed by atoms with Crippen LogP contribution >= 0.6 is 0 Å². The third-order valence-corrected chi connectivity index (χ3v) is 5.61. The SMILES string of the molecule is COc1ccc(-n2ccnc2CN2CCC3(CCNCC3)C2)cc1. The Hall–Kier alpha value is -1.85. The molecule has 2 saturated heterocycles. The molecule has 0 amide bonds. The van der Waals surface area contributed by atoms with E-state index in [0.717, 1.165) is 23.8 Å². The number of piperidine rings is 1. The molecule has 1 spiro atoms. The highest BCUT2D eigenvalue weighted by Gasteiger charge is 2.38. The van der Waals surface area contributed by atoms with E-state index >= 15 is 0 Å². The van der Waals surface area contributed by atoms with E-state index in [-0.39, 0.29) is 0 Å². The minimum absolute atomic E-state index is 0.544. The number of aromatic nitrogens is 2. The lowest BCUT2D eigenvalue weighted by Gasteiger charge is -2.33. The Morgan fingerprint density at radius 2 is 1.96 bits per heavy atom. The van der Waals surface area contributed by atoms with E-state index in [1.807, 2.05) is 24.5 Å². The van der Waals surface area contributed by atoms with Gasteiger partial charge in [0.25, 0.3) is 0 Å². The minimum atomic E-state index is 0.544. The summed E-state index contributed by atoms with van der Waals surface area (Å²) in [5.41, 5.74) is 1.68. The third kappa shape index (κ3) is 3.06. The Morgan fingerprint density at radius 3 is 2.71 bits per heavy atom. The topological polar surface area (TPSA) is 42.3 Å². The standard InChI is InChI=1S/C19H26N4O/c1-24-17-4-2-16(3-5-17)23-13-11-21-18(23)14-22-12-8-19(15-22)6-9-20-10-7-19/h2-5,11,13,20H,6-10,12,14-15H2,1H3. The van der Waals surface area contributed by atoms with Crippen LogP contribution in [0.3, 0.4) is 0 Å². The molecule has 1 aromatic heterocycles. The van der Waals surface area contributed by atoms with Crippen LogP contribution in [-0.4, -0.2) is 47.7 Å². The van der Waals surface area contributed by atoms with Crippen LogP contribution in [0.5, 0.6) is 5.75 Å². The summed E-state index contributed by atoms with van der Waals surface area (Å²) in [4.78, 5) is 7.19. The van der Waals surface area contributed by atoms with Gasteiger partial charge in [-0.3, -0.25) is 4.90 Å². The molecule has 2 aliphatic rings. The van der Waals surface area contributed by atoms with E-state index in [1.54, 1.807) is 7.11 Å². The van der Waals surface area contributed by atoms with Gasteiger partial charge in [-0.05, 0) is 68.6 Å². The highest BCUT2D eigenvalue weighted by molar-refractivity contribution is 5.38. The Kier molecular flexibility index (Phi) is 4.29. The molecule has 2 aromatic rings. The summed E-state index contributed by atoms with van der Waals surface area (Å²) in [5.74, 6) is 2.00. The normalized spacial score (nSPS) is 20.5. The van der Waals surface area contributed by atoms with Crippen molar-refractivity contribution in [3.8, 4) is 11.4 Å². The van der Waals surface area contributed by atoms with Crippen molar-refractivity contribution in [3.63, 3.8) is 0 Å². The molecular formula is C19H26N4O. The lowest BCUT2D eigenvalue weighted by molar-refractivity contribution is 0.192. The summed E-state index contributed by atoms with van der Waals surface area (Å²) < 4.78 is 7.44. The first kappa shape index (κ1) is 15.7. The van der Waals surface area contributed by atoms with Crippen LogP contribution in [0.1, 0.15) is 25.1 Å². The summed E-state index contributed by atoms with van der Waals surface area (Å²) in [7, 11) is 1.70. The molecule has 3 heterocycles. The zero-order chi connectivity index (χ0) is 16.4. The highest BCUT2D eigenvalue weighted by atomic mass is 16.5. The van der Waals surface area contributed by atoms with Crippen molar-refractivity contribution in [1.29, 1.82) is 0 Å². The van der Waals surface area contributed by atoms with E-state index in [1.165, 1.54) is 45.4 Å². The van der Waals surface area contributed by atoms with Crippen LogP contribution in [0.4, 0.5) is 0 Å². The fourth-order valence-corrected chi connectivity index (χ4v) is 4.16. The molecule has 24 heavy (non-hydrogen) atoms. The van der Waals surface area contributed by atoms with Gasteiger partial charge in [0.05, 0.1) is 13.7 Å². The summed E-state index contributed by atoms with van der Waals surface area (Å²) >= 11 is 0. The fraction of sp³-hybridized carbons (Fsp3) is 0.526. The lowest BCUT2D eigenvalue weighted by Crippen LogP contribution is -2.38. The summed E-state index contributed by atoms with van der Waals surface area (Å²) in [6, 6.07) is 8.17. The third-order valence-electron chi connectivity index (χ3n) is 5.61. The summed E-state index contributed by atoms with van der Waals surface area (Å²) in [6.07, 6.45) is 7.91. The molecule has 0 radical (unpaired) electrons. The zero-order valence-electron chi connectivity index (χ0n) is 14.4. The zero-order valence-corrected chi connectivity index (χ0v) is 14.4. The molecule has 0 atom stereocenters. The Morgan fingerprint density at radius 1 is 1.17 bits per heavy atom.